The summed E-state index contributed by atoms with van der Waals surface area (Å²) < 4.78 is 0. The van der Waals surface area contributed by atoms with Gasteiger partial charge in [-0.05, 0) is 19.0 Å². The molecule has 1 amide bonds. The Bertz CT molecular complexity index is 476. The van der Waals surface area contributed by atoms with Crippen molar-refractivity contribution in [3.8, 4) is 0 Å². The average molecular weight is 279 g/mol. The summed E-state index contributed by atoms with van der Waals surface area (Å²) >= 11 is 0. The third kappa shape index (κ3) is 4.31. The molecule has 2 atom stereocenters. The molecule has 2 N–H and O–H groups in total. The Hall–Kier alpha value is -1.95. The second-order valence-electron chi connectivity index (χ2n) is 4.78. The Morgan fingerprint density at radius 3 is 2.70 bits per heavy atom. The number of carbonyl (C=O) groups excluding carboxylic acids is 1. The minimum atomic E-state index is -0.429. The molecule has 110 valence electrons. The van der Waals surface area contributed by atoms with Gasteiger partial charge in [-0.2, -0.15) is 0 Å². The first-order valence-corrected chi connectivity index (χ1v) is 6.68. The van der Waals surface area contributed by atoms with Crippen molar-refractivity contribution in [2.24, 2.45) is 5.92 Å². The lowest BCUT2D eigenvalue weighted by atomic mass is 10.0. The second kappa shape index (κ2) is 7.59. The molecule has 0 saturated heterocycles. The van der Waals surface area contributed by atoms with E-state index in [9.17, 15) is 14.9 Å². The number of nitrogens with zero attached hydrogens (tertiary/aromatic N) is 1. The minimum absolute atomic E-state index is 0.0403. The summed E-state index contributed by atoms with van der Waals surface area (Å²) in [6.07, 6.45) is 0.680. The highest BCUT2D eigenvalue weighted by Gasteiger charge is 2.18. The van der Waals surface area contributed by atoms with Crippen molar-refractivity contribution in [2.75, 3.05) is 13.6 Å². The Morgan fingerprint density at radius 2 is 2.15 bits per heavy atom. The van der Waals surface area contributed by atoms with Crippen LogP contribution in [0.2, 0.25) is 0 Å². The van der Waals surface area contributed by atoms with Crippen molar-refractivity contribution in [1.82, 2.24) is 10.6 Å². The topological polar surface area (TPSA) is 84.3 Å². The van der Waals surface area contributed by atoms with Crippen molar-refractivity contribution < 1.29 is 9.72 Å². The van der Waals surface area contributed by atoms with Crippen molar-refractivity contribution in [3.05, 3.63) is 39.9 Å². The molecule has 1 aromatic carbocycles. The number of benzene rings is 1. The van der Waals surface area contributed by atoms with Crippen molar-refractivity contribution in [3.63, 3.8) is 0 Å². The second-order valence-corrected chi connectivity index (χ2v) is 4.78. The number of nitro benzene ring substituents is 1. The number of hydrogen-bond acceptors (Lipinski definition) is 4. The van der Waals surface area contributed by atoms with E-state index < -0.39 is 4.92 Å². The number of hydrogen-bond donors (Lipinski definition) is 2. The van der Waals surface area contributed by atoms with Gasteiger partial charge in [-0.15, -0.1) is 0 Å². The van der Waals surface area contributed by atoms with E-state index in [2.05, 4.69) is 10.6 Å². The van der Waals surface area contributed by atoms with Crippen LogP contribution in [0, 0.1) is 16.0 Å². The van der Waals surface area contributed by atoms with Crippen LogP contribution in [-0.4, -0.2) is 24.4 Å². The van der Waals surface area contributed by atoms with E-state index in [0.717, 1.165) is 5.56 Å². The van der Waals surface area contributed by atoms with Gasteiger partial charge in [0.2, 0.25) is 5.91 Å². The van der Waals surface area contributed by atoms with Gasteiger partial charge in [0.05, 0.1) is 11.0 Å². The van der Waals surface area contributed by atoms with Gasteiger partial charge >= 0.3 is 0 Å². The van der Waals surface area contributed by atoms with Gasteiger partial charge in [0.1, 0.15) is 0 Å². The SMILES string of the molecule is CCC(NC(=O)C(C)CNC)c1cccc([N+](=O)[O-])c1. The molecule has 6 nitrogen and oxygen atoms in total. The zero-order valence-electron chi connectivity index (χ0n) is 12.1. The molecular weight excluding hydrogens is 258 g/mol. The van der Waals surface area contributed by atoms with Crippen LogP contribution in [-0.2, 0) is 4.79 Å². The highest BCUT2D eigenvalue weighted by atomic mass is 16.6. The van der Waals surface area contributed by atoms with Gasteiger partial charge in [0, 0.05) is 24.6 Å². The van der Waals surface area contributed by atoms with Gasteiger partial charge in [0.25, 0.3) is 5.69 Å². The van der Waals surface area contributed by atoms with Gasteiger partial charge in [-0.25, -0.2) is 0 Å². The van der Waals surface area contributed by atoms with E-state index >= 15 is 0 Å². The average Bonchev–Trinajstić information content (AvgIpc) is 2.44. The highest BCUT2D eigenvalue weighted by molar-refractivity contribution is 5.79. The van der Waals surface area contributed by atoms with E-state index in [1.807, 2.05) is 13.8 Å². The molecule has 0 aliphatic rings. The predicted molar refractivity (Wildman–Crippen MR) is 77.4 cm³/mol. The Labute approximate surface area is 118 Å². The van der Waals surface area contributed by atoms with Crippen LogP contribution in [0.1, 0.15) is 31.9 Å². The lowest BCUT2D eigenvalue weighted by molar-refractivity contribution is -0.384. The maximum atomic E-state index is 12.0. The summed E-state index contributed by atoms with van der Waals surface area (Å²) in [5.41, 5.74) is 0.796. The first-order valence-electron chi connectivity index (χ1n) is 6.68. The monoisotopic (exact) mass is 279 g/mol. The maximum absolute atomic E-state index is 12.0. The number of rotatable bonds is 7. The quantitative estimate of drug-likeness (QED) is 0.590. The molecule has 2 unspecified atom stereocenters. The summed E-state index contributed by atoms with van der Waals surface area (Å²) in [6, 6.07) is 6.18. The molecule has 0 bridgehead atoms. The van der Waals surface area contributed by atoms with Crippen LogP contribution in [0.15, 0.2) is 24.3 Å². The van der Waals surface area contributed by atoms with Crippen LogP contribution < -0.4 is 10.6 Å². The molecule has 0 radical (unpaired) electrons. The zero-order chi connectivity index (χ0) is 15.1. The molecule has 6 heteroatoms. The zero-order valence-corrected chi connectivity index (χ0v) is 12.1. The van der Waals surface area contributed by atoms with Crippen molar-refractivity contribution >= 4 is 11.6 Å². The lowest BCUT2D eigenvalue weighted by Crippen LogP contribution is -2.36. The van der Waals surface area contributed by atoms with Crippen LogP contribution >= 0.6 is 0 Å². The number of amides is 1. The molecule has 0 spiro atoms. The minimum Gasteiger partial charge on any atom is -0.349 e. The number of carbonyl (C=O) groups is 1. The van der Waals surface area contributed by atoms with Gasteiger partial charge in [0.15, 0.2) is 0 Å². The van der Waals surface area contributed by atoms with Crippen molar-refractivity contribution in [1.29, 1.82) is 0 Å². The standard InChI is InChI=1S/C14H21N3O3/c1-4-13(16-14(18)10(2)9-15-3)11-6-5-7-12(8-11)17(19)20/h5-8,10,13,15H,4,9H2,1-3H3,(H,16,18). The number of non-ortho nitro benzene ring substituents is 1. The first kappa shape index (κ1) is 16.1. The highest BCUT2D eigenvalue weighted by Crippen LogP contribution is 2.21. The Kier molecular flexibility index (Phi) is 6.11. The molecule has 0 fully saturated rings. The number of nitrogens with one attached hydrogen (secondary N) is 2. The molecule has 1 rings (SSSR count). The smallest absolute Gasteiger partial charge is 0.269 e. The molecule has 0 saturated carbocycles. The summed E-state index contributed by atoms with van der Waals surface area (Å²) in [7, 11) is 1.79. The van der Waals surface area contributed by atoms with Crippen LogP contribution in [0.25, 0.3) is 0 Å². The summed E-state index contributed by atoms with van der Waals surface area (Å²) in [6.45, 7) is 4.37. The van der Waals surface area contributed by atoms with E-state index in [4.69, 9.17) is 0 Å². The third-order valence-electron chi connectivity index (χ3n) is 3.17. The van der Waals surface area contributed by atoms with Crippen LogP contribution in [0.4, 0.5) is 5.69 Å². The molecule has 0 aliphatic carbocycles. The fourth-order valence-electron chi connectivity index (χ4n) is 1.99. The summed E-state index contributed by atoms with van der Waals surface area (Å²) in [5.74, 6) is -0.203. The first-order chi connectivity index (χ1) is 9.49. The number of nitro groups is 1. The van der Waals surface area contributed by atoms with E-state index in [1.54, 1.807) is 19.2 Å². The predicted octanol–water partition coefficient (Wildman–Crippen LogP) is 2.02. The molecule has 0 aliphatic heterocycles. The summed E-state index contributed by atoms with van der Waals surface area (Å²) in [5, 5.41) is 16.7. The summed E-state index contributed by atoms with van der Waals surface area (Å²) in [4.78, 5) is 22.4. The third-order valence-corrected chi connectivity index (χ3v) is 3.17. The normalized spacial score (nSPS) is 13.6. The molecule has 0 heterocycles. The van der Waals surface area contributed by atoms with Crippen LogP contribution in [0.5, 0.6) is 0 Å². The lowest BCUT2D eigenvalue weighted by Gasteiger charge is -2.20. The van der Waals surface area contributed by atoms with E-state index in [0.29, 0.717) is 13.0 Å². The largest absolute Gasteiger partial charge is 0.349 e. The molecule has 1 aromatic rings. The van der Waals surface area contributed by atoms with E-state index in [-0.39, 0.29) is 23.6 Å². The van der Waals surface area contributed by atoms with Gasteiger partial charge in [-0.1, -0.05) is 26.0 Å². The fourth-order valence-corrected chi connectivity index (χ4v) is 1.99. The molecule has 0 aromatic heterocycles. The van der Waals surface area contributed by atoms with E-state index in [1.165, 1.54) is 12.1 Å². The van der Waals surface area contributed by atoms with Gasteiger partial charge < -0.3 is 10.6 Å². The maximum Gasteiger partial charge on any atom is 0.269 e. The van der Waals surface area contributed by atoms with Crippen molar-refractivity contribution in [2.45, 2.75) is 26.3 Å². The van der Waals surface area contributed by atoms with Crippen LogP contribution in [0.3, 0.4) is 0 Å². The fraction of sp³-hybridized carbons (Fsp3) is 0.500. The Morgan fingerprint density at radius 1 is 1.45 bits per heavy atom. The molecule has 20 heavy (non-hydrogen) atoms. The molecular formula is C14H21N3O3. The Balaban J connectivity index is 2.83. The van der Waals surface area contributed by atoms with Gasteiger partial charge in [-0.3, -0.25) is 14.9 Å².